The molecule has 0 spiro atoms. The number of allylic oxidation sites excluding steroid dienone is 6. The van der Waals surface area contributed by atoms with Crippen molar-refractivity contribution in [2.45, 2.75) is 87.0 Å². The number of hydrogen-bond acceptors (Lipinski definition) is 0. The summed E-state index contributed by atoms with van der Waals surface area (Å²) < 4.78 is 0. The lowest BCUT2D eigenvalue weighted by Gasteiger charge is -2.04. The van der Waals surface area contributed by atoms with Crippen LogP contribution in [0.15, 0.2) is 34.9 Å². The number of hydrogen-bond donors (Lipinski definition) is 0. The van der Waals surface area contributed by atoms with Crippen molar-refractivity contribution >= 4 is 0 Å². The Balaban J connectivity index is 0. The Morgan fingerprint density at radius 1 is 0.842 bits per heavy atom. The maximum absolute atomic E-state index is 2.41. The van der Waals surface area contributed by atoms with E-state index in [4.69, 9.17) is 0 Å². The highest BCUT2D eigenvalue weighted by Gasteiger charge is 1.94. The second-order valence-corrected chi connectivity index (χ2v) is 5.11. The van der Waals surface area contributed by atoms with Crippen LogP contribution < -0.4 is 0 Å². The summed E-state index contributed by atoms with van der Waals surface area (Å²) in [4.78, 5) is 0. The van der Waals surface area contributed by atoms with Gasteiger partial charge in [-0.3, -0.25) is 0 Å². The molecule has 0 radical (unpaired) electrons. The molecule has 0 aliphatic carbocycles. The zero-order valence-corrected chi connectivity index (χ0v) is 14.5. The van der Waals surface area contributed by atoms with Gasteiger partial charge >= 0.3 is 0 Å². The van der Waals surface area contributed by atoms with Gasteiger partial charge in [0.2, 0.25) is 0 Å². The Morgan fingerprint density at radius 2 is 1.42 bits per heavy atom. The van der Waals surface area contributed by atoms with E-state index in [1.54, 1.807) is 5.57 Å². The highest BCUT2D eigenvalue weighted by molar-refractivity contribution is 5.06. The van der Waals surface area contributed by atoms with Gasteiger partial charge in [0.1, 0.15) is 0 Å². The Hall–Kier alpha value is -0.780. The summed E-state index contributed by atoms with van der Waals surface area (Å²) in [6, 6.07) is 0. The van der Waals surface area contributed by atoms with Gasteiger partial charge in [0.05, 0.1) is 0 Å². The van der Waals surface area contributed by atoms with Crippen molar-refractivity contribution in [2.75, 3.05) is 0 Å². The molecule has 0 aromatic rings. The summed E-state index contributed by atoms with van der Waals surface area (Å²) in [5.41, 5.74) is 4.58. The van der Waals surface area contributed by atoms with Crippen molar-refractivity contribution in [3.8, 4) is 0 Å². The van der Waals surface area contributed by atoms with E-state index in [0.717, 1.165) is 0 Å². The number of rotatable bonds is 8. The van der Waals surface area contributed by atoms with Crippen LogP contribution in [0.3, 0.4) is 0 Å². The first-order chi connectivity index (χ1) is 9.10. The van der Waals surface area contributed by atoms with Crippen LogP contribution in [0.1, 0.15) is 87.0 Å². The first-order valence-electron chi connectivity index (χ1n) is 8.03. The first kappa shape index (κ1) is 20.5. The second kappa shape index (κ2) is 15.3. The topological polar surface area (TPSA) is 0 Å². The molecule has 0 aliphatic heterocycles. The van der Waals surface area contributed by atoms with E-state index >= 15 is 0 Å². The van der Waals surface area contributed by atoms with Crippen LogP contribution in [-0.2, 0) is 0 Å². The molecule has 0 unspecified atom stereocenters. The second-order valence-electron chi connectivity index (χ2n) is 5.11. The summed E-state index contributed by atoms with van der Waals surface area (Å²) in [6.07, 6.45) is 14.4. The molecule has 0 bridgehead atoms. The van der Waals surface area contributed by atoms with E-state index in [1.165, 1.54) is 49.7 Å². The van der Waals surface area contributed by atoms with Crippen LogP contribution in [-0.4, -0.2) is 0 Å². The fraction of sp³-hybridized carbons (Fsp3) is 0.684. The van der Waals surface area contributed by atoms with Crippen molar-refractivity contribution < 1.29 is 0 Å². The molecule has 0 aromatic carbocycles. The summed E-state index contributed by atoms with van der Waals surface area (Å²) in [7, 11) is 0. The SMILES string of the molecule is C/C=C(\CCC)CC/C=C(\C)CCC=C(C)C.CC. The third kappa shape index (κ3) is 15.2. The minimum atomic E-state index is 1.19. The fourth-order valence-corrected chi connectivity index (χ4v) is 1.93. The fourth-order valence-electron chi connectivity index (χ4n) is 1.93. The van der Waals surface area contributed by atoms with Gasteiger partial charge in [0.25, 0.3) is 0 Å². The van der Waals surface area contributed by atoms with Crippen LogP contribution in [0.2, 0.25) is 0 Å². The molecular weight excluding hydrogens is 228 g/mol. The average Bonchev–Trinajstić information content (AvgIpc) is 2.39. The summed E-state index contributed by atoms with van der Waals surface area (Å²) in [5.74, 6) is 0. The normalized spacial score (nSPS) is 11.7. The van der Waals surface area contributed by atoms with Gasteiger partial charge in [-0.15, -0.1) is 0 Å². The van der Waals surface area contributed by atoms with Gasteiger partial charge in [-0.1, -0.05) is 62.1 Å². The molecule has 0 aliphatic rings. The lowest BCUT2D eigenvalue weighted by atomic mass is 10.0. The summed E-state index contributed by atoms with van der Waals surface area (Å²) >= 11 is 0. The minimum absolute atomic E-state index is 1.19. The van der Waals surface area contributed by atoms with Crippen LogP contribution in [0, 0.1) is 0 Å². The van der Waals surface area contributed by atoms with E-state index in [1.807, 2.05) is 13.8 Å². The smallest absolute Gasteiger partial charge is 0.0286 e. The lowest BCUT2D eigenvalue weighted by molar-refractivity contribution is 0.820. The predicted octanol–water partition coefficient (Wildman–Crippen LogP) is 7.23. The zero-order chi connectivity index (χ0) is 15.1. The van der Waals surface area contributed by atoms with E-state index in [9.17, 15) is 0 Å². The predicted molar refractivity (Wildman–Crippen MR) is 91.7 cm³/mol. The third-order valence-electron chi connectivity index (χ3n) is 3.03. The molecule has 0 heteroatoms. The van der Waals surface area contributed by atoms with Gasteiger partial charge in [-0.2, -0.15) is 0 Å². The minimum Gasteiger partial charge on any atom is -0.0884 e. The molecule has 0 nitrogen and oxygen atoms in total. The Bertz CT molecular complexity index is 272. The van der Waals surface area contributed by atoms with Crippen molar-refractivity contribution in [1.82, 2.24) is 0 Å². The van der Waals surface area contributed by atoms with E-state index in [-0.39, 0.29) is 0 Å². The van der Waals surface area contributed by atoms with Gasteiger partial charge in [0, 0.05) is 0 Å². The summed E-state index contributed by atoms with van der Waals surface area (Å²) in [6.45, 7) is 15.0. The molecule has 0 saturated carbocycles. The molecule has 0 heterocycles. The van der Waals surface area contributed by atoms with E-state index in [0.29, 0.717) is 0 Å². The van der Waals surface area contributed by atoms with Crippen LogP contribution in [0.5, 0.6) is 0 Å². The van der Waals surface area contributed by atoms with Crippen molar-refractivity contribution in [3.05, 3.63) is 34.9 Å². The van der Waals surface area contributed by atoms with Gasteiger partial charge < -0.3 is 0 Å². The van der Waals surface area contributed by atoms with Crippen LogP contribution in [0.25, 0.3) is 0 Å². The molecule has 0 N–H and O–H groups in total. The van der Waals surface area contributed by atoms with Crippen LogP contribution >= 0.6 is 0 Å². The quantitative estimate of drug-likeness (QED) is 0.405. The highest BCUT2D eigenvalue weighted by Crippen LogP contribution is 2.14. The zero-order valence-electron chi connectivity index (χ0n) is 14.5. The Labute approximate surface area is 122 Å². The van der Waals surface area contributed by atoms with Gasteiger partial charge in [0.15, 0.2) is 0 Å². The standard InChI is InChI=1S/C17H30.C2H6/c1-6-10-17(7-2)14-9-13-16(5)12-8-11-15(3)4;1-2/h7,11,13H,6,8-10,12,14H2,1-5H3;1-2H3/b16-13+,17-7+;. The highest BCUT2D eigenvalue weighted by atomic mass is 14.0. The Morgan fingerprint density at radius 3 is 1.89 bits per heavy atom. The molecule has 19 heavy (non-hydrogen) atoms. The maximum atomic E-state index is 2.41. The molecular formula is C19H36. The molecule has 0 rings (SSSR count). The molecule has 0 aromatic heterocycles. The monoisotopic (exact) mass is 264 g/mol. The first-order valence-corrected chi connectivity index (χ1v) is 8.03. The van der Waals surface area contributed by atoms with E-state index in [2.05, 4.69) is 52.8 Å². The molecule has 0 amide bonds. The summed E-state index contributed by atoms with van der Waals surface area (Å²) in [5, 5.41) is 0. The average molecular weight is 264 g/mol. The van der Waals surface area contributed by atoms with Gasteiger partial charge in [-0.25, -0.2) is 0 Å². The molecule has 0 fully saturated rings. The molecule has 112 valence electrons. The van der Waals surface area contributed by atoms with E-state index < -0.39 is 0 Å². The largest absolute Gasteiger partial charge is 0.0884 e. The van der Waals surface area contributed by atoms with Gasteiger partial charge in [-0.05, 0) is 59.8 Å². The molecule has 0 saturated heterocycles. The maximum Gasteiger partial charge on any atom is -0.0286 e. The van der Waals surface area contributed by atoms with Crippen molar-refractivity contribution in [1.29, 1.82) is 0 Å². The Kier molecular flexibility index (Phi) is 16.5. The molecule has 0 atom stereocenters. The lowest BCUT2D eigenvalue weighted by Crippen LogP contribution is -1.84. The van der Waals surface area contributed by atoms with Crippen molar-refractivity contribution in [3.63, 3.8) is 0 Å². The van der Waals surface area contributed by atoms with Crippen molar-refractivity contribution in [2.24, 2.45) is 0 Å². The van der Waals surface area contributed by atoms with Crippen LogP contribution in [0.4, 0.5) is 0 Å². The third-order valence-corrected chi connectivity index (χ3v) is 3.03.